The molecule has 0 unspecified atom stereocenters. The van der Waals surface area contributed by atoms with Crippen molar-refractivity contribution >= 4 is 33.3 Å². The van der Waals surface area contributed by atoms with Crippen molar-refractivity contribution in [2.75, 3.05) is 38.7 Å². The van der Waals surface area contributed by atoms with Gasteiger partial charge in [-0.05, 0) is 56.4 Å². The Balaban J connectivity index is 1.37. The van der Waals surface area contributed by atoms with Gasteiger partial charge in [0, 0.05) is 37.1 Å². The predicted octanol–water partition coefficient (Wildman–Crippen LogP) is 2.63. The first-order valence-corrected chi connectivity index (χ1v) is 12.9. The molecule has 2 fully saturated rings. The van der Waals surface area contributed by atoms with Crippen LogP contribution in [0.5, 0.6) is 5.75 Å². The van der Waals surface area contributed by atoms with Crippen molar-refractivity contribution < 1.29 is 19.4 Å². The first-order chi connectivity index (χ1) is 16.0. The number of aryl methyl sites for hydroxylation is 1. The Morgan fingerprint density at radius 3 is 2.79 bits per heavy atom. The Kier molecular flexibility index (Phi) is 6.74. The van der Waals surface area contributed by atoms with E-state index in [1.165, 1.54) is 10.4 Å². The number of fused-ring (bicyclic) bond motifs is 3. The van der Waals surface area contributed by atoms with Crippen LogP contribution in [0, 0.1) is 0 Å². The number of anilines is 1. The SMILES string of the molecule is CNc1cc(OC2CCC(N3CCOCC3)CC2)c2c3c(sc2n1)CC[C@@H]3C[C@@H](O)C(N)=O. The van der Waals surface area contributed by atoms with E-state index < -0.39 is 12.0 Å². The van der Waals surface area contributed by atoms with E-state index in [0.29, 0.717) is 12.5 Å². The minimum Gasteiger partial charge on any atom is -0.490 e. The van der Waals surface area contributed by atoms with Crippen LogP contribution in [0.2, 0.25) is 0 Å². The Morgan fingerprint density at radius 1 is 1.33 bits per heavy atom. The minimum atomic E-state index is -1.12. The van der Waals surface area contributed by atoms with Gasteiger partial charge in [-0.3, -0.25) is 9.69 Å². The zero-order chi connectivity index (χ0) is 22.9. The maximum atomic E-state index is 11.5. The monoisotopic (exact) mass is 474 g/mol. The molecule has 0 bridgehead atoms. The average Bonchev–Trinajstić information content (AvgIpc) is 3.39. The number of nitrogens with one attached hydrogen (secondary N) is 1. The molecule has 1 saturated heterocycles. The molecule has 0 aromatic carbocycles. The molecule has 33 heavy (non-hydrogen) atoms. The number of aromatic nitrogens is 1. The van der Waals surface area contributed by atoms with Crippen LogP contribution < -0.4 is 15.8 Å². The van der Waals surface area contributed by atoms with Crippen LogP contribution in [-0.4, -0.2) is 72.5 Å². The number of nitrogens with zero attached hydrogens (tertiary/aromatic N) is 2. The van der Waals surface area contributed by atoms with Gasteiger partial charge in [-0.2, -0.15) is 0 Å². The van der Waals surface area contributed by atoms with E-state index >= 15 is 0 Å². The molecule has 1 saturated carbocycles. The average molecular weight is 475 g/mol. The van der Waals surface area contributed by atoms with Gasteiger partial charge in [-0.25, -0.2) is 4.98 Å². The van der Waals surface area contributed by atoms with Crippen molar-refractivity contribution in [1.82, 2.24) is 9.88 Å². The quantitative estimate of drug-likeness (QED) is 0.566. The van der Waals surface area contributed by atoms with Crippen LogP contribution in [0.3, 0.4) is 0 Å². The Labute approximate surface area is 198 Å². The summed E-state index contributed by atoms with van der Waals surface area (Å²) in [7, 11) is 1.87. The molecule has 0 spiro atoms. The summed E-state index contributed by atoms with van der Waals surface area (Å²) in [5, 5.41) is 14.4. The molecule has 9 heteroatoms. The summed E-state index contributed by atoms with van der Waals surface area (Å²) in [5.41, 5.74) is 6.53. The number of aliphatic hydroxyl groups excluding tert-OH is 1. The second-order valence-electron chi connectivity index (χ2n) is 9.46. The Morgan fingerprint density at radius 2 is 2.09 bits per heavy atom. The lowest BCUT2D eigenvalue weighted by molar-refractivity contribution is -0.126. The van der Waals surface area contributed by atoms with Crippen molar-refractivity contribution in [3.05, 3.63) is 16.5 Å². The van der Waals surface area contributed by atoms with Crippen LogP contribution in [0.25, 0.3) is 10.2 Å². The fourth-order valence-corrected chi connectivity index (χ4v) is 6.98. The van der Waals surface area contributed by atoms with Crippen molar-refractivity contribution in [3.63, 3.8) is 0 Å². The van der Waals surface area contributed by atoms with E-state index in [-0.39, 0.29) is 12.0 Å². The van der Waals surface area contributed by atoms with Crippen molar-refractivity contribution in [3.8, 4) is 5.75 Å². The molecule has 5 rings (SSSR count). The van der Waals surface area contributed by atoms with Crippen LogP contribution in [0.4, 0.5) is 5.82 Å². The number of thiophene rings is 1. The summed E-state index contributed by atoms with van der Waals surface area (Å²) in [6.07, 6.45) is 5.63. The molecule has 2 aromatic rings. The van der Waals surface area contributed by atoms with E-state index in [2.05, 4.69) is 10.2 Å². The molecule has 2 atom stereocenters. The van der Waals surface area contributed by atoms with Gasteiger partial charge in [0.1, 0.15) is 22.5 Å². The summed E-state index contributed by atoms with van der Waals surface area (Å²) in [6, 6.07) is 2.63. The first kappa shape index (κ1) is 22.8. The van der Waals surface area contributed by atoms with Gasteiger partial charge in [0.05, 0.1) is 24.7 Å². The third-order valence-corrected chi connectivity index (χ3v) is 8.62. The molecule has 3 aliphatic rings. The first-order valence-electron chi connectivity index (χ1n) is 12.1. The fraction of sp³-hybridized carbons (Fsp3) is 0.667. The number of pyridine rings is 1. The predicted molar refractivity (Wildman–Crippen MR) is 129 cm³/mol. The summed E-state index contributed by atoms with van der Waals surface area (Å²) in [4.78, 5) is 21.1. The minimum absolute atomic E-state index is 0.0953. The van der Waals surface area contributed by atoms with Crippen LogP contribution in [0.1, 0.15) is 54.9 Å². The zero-order valence-electron chi connectivity index (χ0n) is 19.2. The molecule has 1 amide bonds. The second kappa shape index (κ2) is 9.74. The molecule has 3 heterocycles. The number of amides is 1. The van der Waals surface area contributed by atoms with Crippen molar-refractivity contribution in [1.29, 1.82) is 0 Å². The van der Waals surface area contributed by atoms with Crippen LogP contribution in [0.15, 0.2) is 6.07 Å². The summed E-state index contributed by atoms with van der Waals surface area (Å²) in [6.45, 7) is 3.75. The molecule has 1 aliphatic heterocycles. The highest BCUT2D eigenvalue weighted by atomic mass is 32.1. The maximum absolute atomic E-state index is 11.5. The molecular formula is C24H34N4O4S. The lowest BCUT2D eigenvalue weighted by atomic mass is 9.91. The molecule has 0 radical (unpaired) electrons. The number of hydrogen-bond donors (Lipinski definition) is 3. The molecule has 180 valence electrons. The molecule has 2 aliphatic carbocycles. The van der Waals surface area contributed by atoms with Gasteiger partial charge >= 0.3 is 0 Å². The van der Waals surface area contributed by atoms with Crippen LogP contribution >= 0.6 is 11.3 Å². The van der Waals surface area contributed by atoms with Gasteiger partial charge < -0.3 is 25.6 Å². The lowest BCUT2D eigenvalue weighted by Crippen LogP contribution is -2.46. The summed E-state index contributed by atoms with van der Waals surface area (Å²) < 4.78 is 12.2. The number of carbonyl (C=O) groups is 1. The van der Waals surface area contributed by atoms with E-state index in [9.17, 15) is 9.90 Å². The van der Waals surface area contributed by atoms with Gasteiger partial charge in [-0.1, -0.05) is 0 Å². The summed E-state index contributed by atoms with van der Waals surface area (Å²) in [5.74, 6) is 1.11. The zero-order valence-corrected chi connectivity index (χ0v) is 20.0. The normalized spacial score (nSPS) is 26.8. The molecular weight excluding hydrogens is 440 g/mol. The van der Waals surface area contributed by atoms with Gasteiger partial charge in [0.15, 0.2) is 0 Å². The third kappa shape index (κ3) is 4.69. The van der Waals surface area contributed by atoms with Crippen molar-refractivity contribution in [2.45, 2.75) is 69.1 Å². The second-order valence-corrected chi connectivity index (χ2v) is 10.5. The van der Waals surface area contributed by atoms with E-state index in [0.717, 1.165) is 86.6 Å². The van der Waals surface area contributed by atoms with Crippen molar-refractivity contribution in [2.24, 2.45) is 5.73 Å². The van der Waals surface area contributed by atoms with Crippen LogP contribution in [-0.2, 0) is 16.0 Å². The number of aliphatic hydroxyl groups is 1. The Bertz CT molecular complexity index is 998. The number of primary amides is 1. The number of hydrogen-bond acceptors (Lipinski definition) is 8. The molecule has 2 aromatic heterocycles. The number of ether oxygens (including phenoxy) is 2. The lowest BCUT2D eigenvalue weighted by Gasteiger charge is -2.38. The topological polar surface area (TPSA) is 110 Å². The van der Waals surface area contributed by atoms with Gasteiger partial charge in [0.2, 0.25) is 5.91 Å². The highest BCUT2D eigenvalue weighted by Crippen LogP contribution is 2.49. The number of carbonyl (C=O) groups excluding carboxylic acids is 1. The number of morpholine rings is 1. The van der Waals surface area contributed by atoms with E-state index in [1.54, 1.807) is 11.3 Å². The third-order valence-electron chi connectivity index (χ3n) is 7.46. The smallest absolute Gasteiger partial charge is 0.246 e. The molecule has 4 N–H and O–H groups in total. The van der Waals surface area contributed by atoms with Gasteiger partial charge in [0.25, 0.3) is 0 Å². The maximum Gasteiger partial charge on any atom is 0.246 e. The number of nitrogens with two attached hydrogens (primary N) is 1. The number of rotatable bonds is 7. The molecule has 8 nitrogen and oxygen atoms in total. The Hall–Kier alpha value is -1.94. The van der Waals surface area contributed by atoms with E-state index in [4.69, 9.17) is 20.2 Å². The summed E-state index contributed by atoms with van der Waals surface area (Å²) >= 11 is 1.70. The highest BCUT2D eigenvalue weighted by Gasteiger charge is 2.34. The van der Waals surface area contributed by atoms with E-state index in [1.807, 2.05) is 13.1 Å². The van der Waals surface area contributed by atoms with Gasteiger partial charge in [-0.15, -0.1) is 11.3 Å². The standard InChI is InChI=1S/C24H34N4O4S/c1-26-20-13-18(32-16-5-3-15(4-6-16)28-8-10-31-11-9-28)22-21-14(12-17(29)23(25)30)2-7-19(21)33-24(22)27-20/h13-17,29H,2-12H2,1H3,(H2,25,30)(H,26,27)/t14-,15?,16?,17-/m1/s1. The fourth-order valence-electron chi connectivity index (χ4n) is 5.69. The highest BCUT2D eigenvalue weighted by molar-refractivity contribution is 7.19. The largest absolute Gasteiger partial charge is 0.490 e.